The Kier molecular flexibility index (Phi) is 6.24. The van der Waals surface area contributed by atoms with E-state index < -0.39 is 0 Å². The second-order valence-corrected chi connectivity index (χ2v) is 8.87. The number of thiazole rings is 1. The summed E-state index contributed by atoms with van der Waals surface area (Å²) in [5, 5.41) is 1.91. The van der Waals surface area contributed by atoms with Gasteiger partial charge in [-0.05, 0) is 29.8 Å². The van der Waals surface area contributed by atoms with E-state index in [0.717, 1.165) is 54.7 Å². The van der Waals surface area contributed by atoms with Gasteiger partial charge in [-0.25, -0.2) is 4.98 Å². The molecule has 1 saturated heterocycles. The number of benzene rings is 2. The molecule has 0 N–H and O–H groups in total. The molecule has 1 aliphatic heterocycles. The van der Waals surface area contributed by atoms with Crippen LogP contribution in [0.3, 0.4) is 0 Å². The fraction of sp³-hybridized carbons (Fsp3) is 0.231. The maximum Gasteiger partial charge on any atom is 0.271 e. The zero-order valence-electron chi connectivity index (χ0n) is 18.6. The Morgan fingerprint density at radius 1 is 1.06 bits per heavy atom. The Morgan fingerprint density at radius 3 is 2.55 bits per heavy atom. The number of hydrogen-bond donors (Lipinski definition) is 0. The second-order valence-electron chi connectivity index (χ2n) is 8.03. The lowest BCUT2D eigenvalue weighted by Gasteiger charge is -2.34. The summed E-state index contributed by atoms with van der Waals surface area (Å²) in [5.74, 6) is 0.879. The first-order chi connectivity index (χ1) is 16.2. The quantitative estimate of drug-likeness (QED) is 0.426. The summed E-state index contributed by atoms with van der Waals surface area (Å²) in [6.07, 6.45) is 6.30. The van der Waals surface area contributed by atoms with Crippen molar-refractivity contribution in [1.82, 2.24) is 19.2 Å². The van der Waals surface area contributed by atoms with Crippen LogP contribution in [0.1, 0.15) is 16.1 Å². The molecule has 0 spiro atoms. The molecule has 0 aliphatic carbocycles. The molecule has 168 valence electrons. The van der Waals surface area contributed by atoms with Crippen molar-refractivity contribution in [3.8, 4) is 17.0 Å². The first-order valence-corrected chi connectivity index (χ1v) is 11.9. The largest absolute Gasteiger partial charge is 0.497 e. The van der Waals surface area contributed by atoms with Gasteiger partial charge in [-0.2, -0.15) is 0 Å². The van der Waals surface area contributed by atoms with E-state index in [0.29, 0.717) is 5.69 Å². The smallest absolute Gasteiger partial charge is 0.271 e. The van der Waals surface area contributed by atoms with E-state index in [1.165, 1.54) is 16.9 Å². The highest BCUT2D eigenvalue weighted by Crippen LogP contribution is 2.26. The number of nitrogens with zero attached hydrogens (tertiary/aromatic N) is 4. The van der Waals surface area contributed by atoms with E-state index in [1.807, 2.05) is 63.3 Å². The van der Waals surface area contributed by atoms with Crippen LogP contribution in [0.15, 0.2) is 72.3 Å². The van der Waals surface area contributed by atoms with E-state index in [2.05, 4.69) is 29.2 Å². The maximum absolute atomic E-state index is 13.2. The molecule has 5 rings (SSSR count). The third-order valence-electron chi connectivity index (χ3n) is 5.95. The van der Waals surface area contributed by atoms with Crippen molar-refractivity contribution >= 4 is 28.3 Å². The van der Waals surface area contributed by atoms with Crippen molar-refractivity contribution in [2.75, 3.05) is 39.8 Å². The Balaban J connectivity index is 1.22. The van der Waals surface area contributed by atoms with Crippen molar-refractivity contribution in [1.29, 1.82) is 0 Å². The molecule has 1 aliphatic rings. The molecular formula is C26H26N4O2S. The van der Waals surface area contributed by atoms with E-state index in [9.17, 15) is 4.79 Å². The Labute approximate surface area is 197 Å². The SMILES string of the molecule is COc1ccc(-c2cn3c(C(=O)N4CCN(C/C=C/c5ccccc5)CC4)csc3n2)cc1. The highest BCUT2D eigenvalue weighted by Gasteiger charge is 2.24. The van der Waals surface area contributed by atoms with Crippen LogP contribution in [0.25, 0.3) is 22.3 Å². The van der Waals surface area contributed by atoms with Crippen LogP contribution in [0.4, 0.5) is 0 Å². The molecule has 4 aromatic rings. The summed E-state index contributed by atoms with van der Waals surface area (Å²) >= 11 is 1.50. The summed E-state index contributed by atoms with van der Waals surface area (Å²) in [4.78, 5) is 23.1. The lowest BCUT2D eigenvalue weighted by atomic mass is 10.2. The average molecular weight is 459 g/mol. The number of carbonyl (C=O) groups excluding carboxylic acids is 1. The molecule has 2 aromatic heterocycles. The van der Waals surface area contributed by atoms with Gasteiger partial charge in [-0.3, -0.25) is 14.1 Å². The third-order valence-corrected chi connectivity index (χ3v) is 6.79. The normalized spacial score (nSPS) is 14.9. The monoisotopic (exact) mass is 458 g/mol. The zero-order chi connectivity index (χ0) is 22.6. The number of imidazole rings is 1. The number of fused-ring (bicyclic) bond motifs is 1. The van der Waals surface area contributed by atoms with Crippen LogP contribution < -0.4 is 4.74 Å². The van der Waals surface area contributed by atoms with Gasteiger partial charge < -0.3 is 9.64 Å². The molecule has 0 bridgehead atoms. The average Bonchev–Trinajstić information content (AvgIpc) is 3.46. The lowest BCUT2D eigenvalue weighted by molar-refractivity contribution is 0.0644. The first-order valence-electron chi connectivity index (χ1n) is 11.1. The number of carbonyl (C=O) groups is 1. The first kappa shape index (κ1) is 21.4. The number of methoxy groups -OCH3 is 1. The molecule has 0 radical (unpaired) electrons. The van der Waals surface area contributed by atoms with E-state index in [4.69, 9.17) is 9.72 Å². The summed E-state index contributed by atoms with van der Waals surface area (Å²) in [5.41, 5.74) is 3.75. The molecule has 3 heterocycles. The van der Waals surface area contributed by atoms with Crippen molar-refractivity contribution in [3.63, 3.8) is 0 Å². The van der Waals surface area contributed by atoms with Crippen LogP contribution in [0, 0.1) is 0 Å². The van der Waals surface area contributed by atoms with Gasteiger partial charge in [-0.1, -0.05) is 42.5 Å². The number of ether oxygens (including phenoxy) is 1. The van der Waals surface area contributed by atoms with Crippen LogP contribution >= 0.6 is 11.3 Å². The Hall–Kier alpha value is -3.42. The summed E-state index contributed by atoms with van der Waals surface area (Å²) in [6, 6.07) is 18.1. The van der Waals surface area contributed by atoms with Crippen molar-refractivity contribution in [2.24, 2.45) is 0 Å². The lowest BCUT2D eigenvalue weighted by Crippen LogP contribution is -2.48. The van der Waals surface area contributed by atoms with Crippen molar-refractivity contribution in [2.45, 2.75) is 0 Å². The number of aromatic nitrogens is 2. The summed E-state index contributed by atoms with van der Waals surface area (Å²) in [7, 11) is 1.65. The van der Waals surface area contributed by atoms with E-state index in [1.54, 1.807) is 7.11 Å². The van der Waals surface area contributed by atoms with Crippen LogP contribution in [0.2, 0.25) is 0 Å². The molecule has 1 fully saturated rings. The molecule has 33 heavy (non-hydrogen) atoms. The molecule has 0 atom stereocenters. The van der Waals surface area contributed by atoms with E-state index >= 15 is 0 Å². The molecule has 2 aromatic carbocycles. The number of hydrogen-bond acceptors (Lipinski definition) is 5. The predicted octanol–water partition coefficient (Wildman–Crippen LogP) is 4.54. The Bertz CT molecular complexity index is 1250. The van der Waals surface area contributed by atoms with Crippen LogP contribution in [-0.2, 0) is 0 Å². The van der Waals surface area contributed by atoms with Gasteiger partial charge in [0.15, 0.2) is 4.96 Å². The van der Waals surface area contributed by atoms with Gasteiger partial charge in [-0.15, -0.1) is 11.3 Å². The van der Waals surface area contributed by atoms with E-state index in [-0.39, 0.29) is 5.91 Å². The van der Waals surface area contributed by atoms with Gasteiger partial charge in [0.25, 0.3) is 5.91 Å². The highest BCUT2D eigenvalue weighted by molar-refractivity contribution is 7.15. The molecule has 6 nitrogen and oxygen atoms in total. The third kappa shape index (κ3) is 4.69. The number of rotatable bonds is 6. The highest BCUT2D eigenvalue weighted by atomic mass is 32.1. The maximum atomic E-state index is 13.2. The molecule has 1 amide bonds. The molecule has 7 heteroatoms. The van der Waals surface area contributed by atoms with Crippen molar-refractivity contribution in [3.05, 3.63) is 83.5 Å². The molecular weight excluding hydrogens is 432 g/mol. The minimum absolute atomic E-state index is 0.0689. The summed E-state index contributed by atoms with van der Waals surface area (Å²) < 4.78 is 7.15. The van der Waals surface area contributed by atoms with Gasteiger partial charge >= 0.3 is 0 Å². The van der Waals surface area contributed by atoms with Gasteiger partial charge in [0, 0.05) is 49.9 Å². The second kappa shape index (κ2) is 9.60. The van der Waals surface area contributed by atoms with Gasteiger partial charge in [0.05, 0.1) is 12.8 Å². The minimum atomic E-state index is 0.0689. The molecule has 0 unspecified atom stereocenters. The molecule has 0 saturated carbocycles. The zero-order valence-corrected chi connectivity index (χ0v) is 19.4. The fourth-order valence-electron chi connectivity index (χ4n) is 4.04. The standard InChI is InChI=1S/C26H26N4O2S/c1-32-22-11-9-21(10-12-22)23-18-30-24(19-33-26(30)27-23)25(31)29-16-14-28(15-17-29)13-5-8-20-6-3-2-4-7-20/h2-12,18-19H,13-17H2,1H3/b8-5+. The fourth-order valence-corrected chi connectivity index (χ4v) is 4.88. The number of amides is 1. The summed E-state index contributed by atoms with van der Waals surface area (Å²) in [6.45, 7) is 4.11. The van der Waals surface area contributed by atoms with Crippen molar-refractivity contribution < 1.29 is 9.53 Å². The van der Waals surface area contributed by atoms with Gasteiger partial charge in [0.1, 0.15) is 11.4 Å². The Morgan fingerprint density at radius 2 is 1.82 bits per heavy atom. The van der Waals surface area contributed by atoms with Gasteiger partial charge in [0.2, 0.25) is 0 Å². The topological polar surface area (TPSA) is 50.1 Å². The van der Waals surface area contributed by atoms with Crippen LogP contribution in [-0.4, -0.2) is 64.9 Å². The van der Waals surface area contributed by atoms with Crippen LogP contribution in [0.5, 0.6) is 5.75 Å². The number of piperazine rings is 1. The predicted molar refractivity (Wildman–Crippen MR) is 133 cm³/mol. The minimum Gasteiger partial charge on any atom is -0.497 e.